The topological polar surface area (TPSA) is 42.1 Å². The van der Waals surface area contributed by atoms with Crippen molar-refractivity contribution < 1.29 is 9.53 Å². The normalized spacial score (nSPS) is 11.5. The Morgan fingerprint density at radius 3 is 2.61 bits per heavy atom. The highest BCUT2D eigenvalue weighted by Crippen LogP contribution is 2.32. The number of para-hydroxylation sites is 1. The lowest BCUT2D eigenvalue weighted by Crippen LogP contribution is -2.25. The van der Waals surface area contributed by atoms with Crippen LogP contribution in [0.15, 0.2) is 30.8 Å². The molecule has 0 saturated heterocycles. The lowest BCUT2D eigenvalue weighted by atomic mass is 9.97. The minimum atomic E-state index is -0.531. The molecule has 0 amide bonds. The van der Waals surface area contributed by atoms with Gasteiger partial charge < -0.3 is 9.72 Å². The van der Waals surface area contributed by atoms with Gasteiger partial charge in [-0.05, 0) is 39.0 Å². The van der Waals surface area contributed by atoms with Crippen molar-refractivity contribution in [2.45, 2.75) is 20.8 Å². The van der Waals surface area contributed by atoms with E-state index in [0.29, 0.717) is 5.75 Å². The summed E-state index contributed by atoms with van der Waals surface area (Å²) < 4.78 is 5.51. The molecule has 0 atom stereocenters. The van der Waals surface area contributed by atoms with Crippen molar-refractivity contribution in [3.8, 4) is 5.75 Å². The van der Waals surface area contributed by atoms with E-state index in [1.165, 1.54) is 0 Å². The zero-order valence-corrected chi connectivity index (χ0v) is 10.9. The van der Waals surface area contributed by atoms with Crippen molar-refractivity contribution in [1.29, 1.82) is 0 Å². The average molecular weight is 243 g/mol. The molecule has 2 aromatic rings. The largest absolute Gasteiger partial charge is 0.423 e. The molecule has 0 radical (unpaired) electrons. The number of benzene rings is 1. The Morgan fingerprint density at radius 2 is 2.00 bits per heavy atom. The number of fused-ring (bicyclic) bond motifs is 1. The van der Waals surface area contributed by atoms with Crippen LogP contribution in [0.5, 0.6) is 5.75 Å². The molecule has 1 aromatic heterocycles. The van der Waals surface area contributed by atoms with Crippen LogP contribution in [0, 0.1) is 5.41 Å². The molecule has 1 aromatic carbocycles. The van der Waals surface area contributed by atoms with Gasteiger partial charge in [0.05, 0.1) is 11.1 Å². The molecule has 0 fully saturated rings. The number of aromatic amines is 1. The average Bonchev–Trinajstić information content (AvgIpc) is 2.66. The molecule has 0 saturated carbocycles. The highest BCUT2D eigenvalue weighted by molar-refractivity contribution is 5.93. The lowest BCUT2D eigenvalue weighted by molar-refractivity contribution is -0.142. The molecule has 3 nitrogen and oxygen atoms in total. The van der Waals surface area contributed by atoms with Crippen molar-refractivity contribution >= 4 is 22.9 Å². The molecule has 0 bridgehead atoms. The fourth-order valence-electron chi connectivity index (χ4n) is 1.64. The van der Waals surface area contributed by atoms with Crippen LogP contribution in [0.4, 0.5) is 0 Å². The van der Waals surface area contributed by atoms with Crippen molar-refractivity contribution in [2.75, 3.05) is 0 Å². The third-order valence-corrected chi connectivity index (χ3v) is 2.70. The Hall–Kier alpha value is -2.03. The third kappa shape index (κ3) is 2.16. The second-order valence-corrected chi connectivity index (χ2v) is 5.26. The Balaban J connectivity index is 2.49. The van der Waals surface area contributed by atoms with E-state index in [2.05, 4.69) is 11.6 Å². The van der Waals surface area contributed by atoms with E-state index in [1.807, 2.05) is 45.0 Å². The van der Waals surface area contributed by atoms with Gasteiger partial charge in [0, 0.05) is 10.9 Å². The molecule has 0 aliphatic carbocycles. The number of H-pyrrole nitrogens is 1. The van der Waals surface area contributed by atoms with E-state index in [0.717, 1.165) is 16.6 Å². The summed E-state index contributed by atoms with van der Waals surface area (Å²) in [7, 11) is 0. The zero-order chi connectivity index (χ0) is 13.3. The molecular weight excluding hydrogens is 226 g/mol. The maximum atomic E-state index is 12.0. The summed E-state index contributed by atoms with van der Waals surface area (Å²) in [6.45, 7) is 9.23. The van der Waals surface area contributed by atoms with Crippen LogP contribution in [0.1, 0.15) is 26.5 Å². The van der Waals surface area contributed by atoms with Crippen LogP contribution >= 0.6 is 0 Å². The molecule has 3 heteroatoms. The molecule has 0 spiro atoms. The summed E-state index contributed by atoms with van der Waals surface area (Å²) in [6, 6.07) is 7.71. The number of hydrogen-bond donors (Lipinski definition) is 1. The first-order valence-corrected chi connectivity index (χ1v) is 5.89. The number of hydrogen-bond acceptors (Lipinski definition) is 2. The van der Waals surface area contributed by atoms with Gasteiger partial charge in [0.15, 0.2) is 5.75 Å². The lowest BCUT2D eigenvalue weighted by Gasteiger charge is -2.16. The van der Waals surface area contributed by atoms with E-state index < -0.39 is 5.41 Å². The number of rotatable bonds is 2. The monoisotopic (exact) mass is 243 g/mol. The van der Waals surface area contributed by atoms with Gasteiger partial charge in [-0.15, -0.1) is 0 Å². The van der Waals surface area contributed by atoms with Gasteiger partial charge in [-0.2, -0.15) is 0 Å². The van der Waals surface area contributed by atoms with Crippen molar-refractivity contribution in [2.24, 2.45) is 5.41 Å². The number of carbonyl (C=O) groups is 1. The molecule has 1 N–H and O–H groups in total. The fourth-order valence-corrected chi connectivity index (χ4v) is 1.64. The van der Waals surface area contributed by atoms with E-state index in [-0.39, 0.29) is 5.97 Å². The summed E-state index contributed by atoms with van der Waals surface area (Å²) in [5.74, 6) is 0.302. The van der Waals surface area contributed by atoms with Gasteiger partial charge in [0.25, 0.3) is 0 Å². The van der Waals surface area contributed by atoms with E-state index in [9.17, 15) is 4.79 Å². The van der Waals surface area contributed by atoms with Crippen LogP contribution < -0.4 is 4.74 Å². The van der Waals surface area contributed by atoms with Gasteiger partial charge in [0.1, 0.15) is 0 Å². The Bertz CT molecular complexity index is 602. The first kappa shape index (κ1) is 12.4. The van der Waals surface area contributed by atoms with E-state index >= 15 is 0 Å². The molecule has 94 valence electrons. The first-order chi connectivity index (χ1) is 8.43. The Morgan fingerprint density at radius 1 is 1.33 bits per heavy atom. The fraction of sp³-hybridized carbons (Fsp3) is 0.267. The standard InChI is InChI=1S/C15H17NO2/c1-5-11-13(18-14(17)15(2,3)4)10-8-6-7-9-12(10)16-11/h5-9,16H,1H2,2-4H3. The van der Waals surface area contributed by atoms with Gasteiger partial charge >= 0.3 is 5.97 Å². The second-order valence-electron chi connectivity index (χ2n) is 5.26. The minimum absolute atomic E-state index is 0.254. The van der Waals surface area contributed by atoms with Gasteiger partial charge in [-0.1, -0.05) is 18.7 Å². The van der Waals surface area contributed by atoms with Crippen LogP contribution in [-0.4, -0.2) is 11.0 Å². The second kappa shape index (κ2) is 4.33. The molecule has 0 aliphatic heterocycles. The summed E-state index contributed by atoms with van der Waals surface area (Å²) in [5, 5.41) is 0.894. The van der Waals surface area contributed by atoms with E-state index in [4.69, 9.17) is 4.74 Å². The highest BCUT2D eigenvalue weighted by Gasteiger charge is 2.25. The zero-order valence-electron chi connectivity index (χ0n) is 10.9. The first-order valence-electron chi connectivity index (χ1n) is 5.89. The number of nitrogens with one attached hydrogen (secondary N) is 1. The van der Waals surface area contributed by atoms with Crippen molar-refractivity contribution in [3.63, 3.8) is 0 Å². The van der Waals surface area contributed by atoms with Gasteiger partial charge in [-0.25, -0.2) is 0 Å². The highest BCUT2D eigenvalue weighted by atomic mass is 16.5. The number of aromatic nitrogens is 1. The Kier molecular flexibility index (Phi) is 2.99. The third-order valence-electron chi connectivity index (χ3n) is 2.70. The summed E-state index contributed by atoms with van der Waals surface area (Å²) in [4.78, 5) is 15.1. The van der Waals surface area contributed by atoms with Crippen molar-refractivity contribution in [1.82, 2.24) is 4.98 Å². The van der Waals surface area contributed by atoms with Crippen LogP contribution in [-0.2, 0) is 4.79 Å². The molecule has 18 heavy (non-hydrogen) atoms. The SMILES string of the molecule is C=Cc1[nH]c2ccccc2c1OC(=O)C(C)(C)C. The van der Waals surface area contributed by atoms with Crippen molar-refractivity contribution in [3.05, 3.63) is 36.5 Å². The number of carbonyl (C=O) groups excluding carboxylic acids is 1. The summed E-state index contributed by atoms with van der Waals surface area (Å²) in [5.41, 5.74) is 1.13. The number of esters is 1. The Labute approximate surface area is 106 Å². The smallest absolute Gasteiger partial charge is 0.316 e. The van der Waals surface area contributed by atoms with Gasteiger partial charge in [-0.3, -0.25) is 4.79 Å². The summed E-state index contributed by atoms with van der Waals surface area (Å²) in [6.07, 6.45) is 1.66. The predicted molar refractivity (Wildman–Crippen MR) is 73.5 cm³/mol. The minimum Gasteiger partial charge on any atom is -0.423 e. The summed E-state index contributed by atoms with van der Waals surface area (Å²) >= 11 is 0. The van der Waals surface area contributed by atoms with Gasteiger partial charge in [0.2, 0.25) is 0 Å². The molecule has 0 aliphatic rings. The molecular formula is C15H17NO2. The maximum absolute atomic E-state index is 12.0. The molecule has 2 rings (SSSR count). The quantitative estimate of drug-likeness (QED) is 0.816. The van der Waals surface area contributed by atoms with Crippen LogP contribution in [0.2, 0.25) is 0 Å². The van der Waals surface area contributed by atoms with E-state index in [1.54, 1.807) is 6.08 Å². The molecule has 1 heterocycles. The maximum Gasteiger partial charge on any atom is 0.316 e. The predicted octanol–water partition coefficient (Wildman–Crippen LogP) is 3.76. The molecule has 0 unspecified atom stereocenters. The van der Waals surface area contributed by atoms with Crippen LogP contribution in [0.25, 0.3) is 17.0 Å². The number of ether oxygens (including phenoxy) is 1. The van der Waals surface area contributed by atoms with Crippen LogP contribution in [0.3, 0.4) is 0 Å².